The van der Waals surface area contributed by atoms with Crippen LogP contribution in [-0.2, 0) is 72.2 Å². The highest BCUT2D eigenvalue weighted by molar-refractivity contribution is 8.18. The molecule has 1 N–H and O–H groups in total. The van der Waals surface area contributed by atoms with Gasteiger partial charge in [-0.1, -0.05) is 213 Å². The van der Waals surface area contributed by atoms with E-state index in [1.54, 1.807) is 21.3 Å². The maximum absolute atomic E-state index is 15.1. The van der Waals surface area contributed by atoms with E-state index in [9.17, 15) is 50.9 Å². The SMILES string of the molecule is COc1cccc([S+](c2cccc(OC)c2)c2cccc(OC)c2)c1.CS(=O)(=O)[N-]S(=O)(=O)C(F)(F)S(=O)(=O)Oc1c(C2CCCCC2)cc(C2CCCCC2)cc1C1CCCCC1.O=S(=O)(O)C(F)(F)S(=O)(=O)Oc1c(C2CCCCC2)cc(C2CCCCC2)cc1C1CCCCC1.c1ccc([S+](c2ccccc2)c2ccccc2)cc1. The Hall–Kier alpha value is -7.15. The van der Waals surface area contributed by atoms with Crippen molar-refractivity contribution in [3.05, 3.63) is 226 Å². The molecule has 8 aromatic rings. The molecule has 0 amide bonds. The Morgan fingerprint density at radius 3 is 0.805 bits per heavy atom. The molecule has 0 radical (unpaired) electrons. The zero-order chi connectivity index (χ0) is 84.3. The number of sulfonamides is 2. The zero-order valence-electron chi connectivity index (χ0n) is 67.5. The Morgan fingerprint density at radius 1 is 0.322 bits per heavy atom. The number of halogens is 4. The highest BCUT2D eigenvalue weighted by Gasteiger charge is 2.61. The average molecular weight is 1760 g/mol. The van der Waals surface area contributed by atoms with Gasteiger partial charge >= 0.3 is 39.5 Å². The summed E-state index contributed by atoms with van der Waals surface area (Å²) in [4.78, 5) is 7.63. The van der Waals surface area contributed by atoms with E-state index in [2.05, 4.69) is 132 Å². The van der Waals surface area contributed by atoms with Gasteiger partial charge in [0.25, 0.3) is 0 Å². The Bertz CT molecular complexity index is 4910. The second-order valence-corrected chi connectivity index (χ2v) is 44.1. The predicted octanol–water partition coefficient (Wildman–Crippen LogP) is 23.3. The molecule has 17 nitrogen and oxygen atoms in total. The highest BCUT2D eigenvalue weighted by Crippen LogP contribution is 2.52. The molecule has 0 aromatic heterocycles. The Balaban J connectivity index is 0.000000159. The number of hydrogen-bond donors (Lipinski definition) is 1. The fourth-order valence-corrected chi connectivity index (χ4v) is 26.9. The summed E-state index contributed by atoms with van der Waals surface area (Å²) in [7, 11) is -24.8. The molecule has 640 valence electrons. The molecule has 6 aliphatic carbocycles. The van der Waals surface area contributed by atoms with Crippen molar-refractivity contribution in [1.29, 1.82) is 0 Å². The second kappa shape index (κ2) is 41.6. The van der Waals surface area contributed by atoms with Crippen molar-refractivity contribution in [1.82, 2.24) is 0 Å². The smallest absolute Gasteiger partial charge is 0.497 e. The van der Waals surface area contributed by atoms with Gasteiger partial charge < -0.3 is 26.7 Å². The molecule has 0 saturated heterocycles. The summed E-state index contributed by atoms with van der Waals surface area (Å²) < 4.78 is 206. The van der Waals surface area contributed by atoms with Crippen LogP contribution in [0.2, 0.25) is 0 Å². The quantitative estimate of drug-likeness (QED) is 0.0242. The Labute approximate surface area is 702 Å². The zero-order valence-corrected chi connectivity index (χ0v) is 73.2. The van der Waals surface area contributed by atoms with Crippen LogP contribution in [0.3, 0.4) is 0 Å². The van der Waals surface area contributed by atoms with Crippen molar-refractivity contribution in [2.45, 2.75) is 267 Å². The third kappa shape index (κ3) is 23.4. The first-order chi connectivity index (χ1) is 56.4. The van der Waals surface area contributed by atoms with Crippen LogP contribution in [0.25, 0.3) is 4.13 Å². The van der Waals surface area contributed by atoms with Gasteiger partial charge in [-0.2, -0.15) is 42.8 Å². The van der Waals surface area contributed by atoms with E-state index in [1.165, 1.54) is 35.8 Å². The van der Waals surface area contributed by atoms with Gasteiger partial charge in [0.05, 0.1) is 53.1 Å². The highest BCUT2D eigenvalue weighted by atomic mass is 32.3. The number of benzene rings is 8. The summed E-state index contributed by atoms with van der Waals surface area (Å²) in [6, 6.07) is 64.4. The maximum atomic E-state index is 15.1. The van der Waals surface area contributed by atoms with Crippen LogP contribution >= 0.6 is 0 Å². The molecule has 0 bridgehead atoms. The van der Waals surface area contributed by atoms with Crippen LogP contribution in [-0.4, -0.2) is 83.4 Å². The summed E-state index contributed by atoms with van der Waals surface area (Å²) in [6.45, 7) is 0. The molecule has 28 heteroatoms. The van der Waals surface area contributed by atoms with E-state index in [0.29, 0.717) is 34.4 Å². The number of methoxy groups -OCH3 is 3. The summed E-state index contributed by atoms with van der Waals surface area (Å²) in [5.74, 6) is 2.51. The lowest BCUT2D eigenvalue weighted by Crippen LogP contribution is -2.41. The first kappa shape index (κ1) is 91.6. The standard InChI is InChI=1S/C26H38F2NO7S3.C25H36F2O6S2.C21H21O3S.C18H15S/c1-37(30,31)29-38(32,33)26(27,28)39(34,35)36-25-23(20-13-7-3-8-14-20)17-22(19-11-5-2-6-12-19)18-24(25)21-15-9-4-10-16-21;26-25(27,34(28,29)30)35(31,32)33-24-22(19-12-6-2-7-13-19)16-21(18-10-4-1-5-11-18)17-23(24)20-14-8-3-9-15-20;1-22-16-7-4-10-19(13-16)25(20-11-5-8-17(14-20)23-2)21-12-6-9-18(15-21)24-3;1-4-10-16(11-5-1)19(17-12-6-2-7-13-17)18-14-8-3-9-15-18/h17-21H,2-16H2,1H3;16-20H,1-15H2,(H,28,29,30);4-15H,1-3H3;1-15H/q-1;;2*+1. The summed E-state index contributed by atoms with van der Waals surface area (Å²) in [5, 5.41) is 0. The molecule has 0 spiro atoms. The fourth-order valence-electron chi connectivity index (χ4n) is 17.3. The number of nitrogens with zero attached hydrogens (tertiary/aromatic N) is 1. The van der Waals surface area contributed by atoms with Crippen molar-refractivity contribution >= 4 is 72.2 Å². The van der Waals surface area contributed by atoms with Crippen LogP contribution in [0.1, 0.15) is 262 Å². The summed E-state index contributed by atoms with van der Waals surface area (Å²) >= 11 is 0. The van der Waals surface area contributed by atoms with Crippen molar-refractivity contribution in [2.24, 2.45) is 0 Å². The van der Waals surface area contributed by atoms with E-state index in [1.807, 2.05) is 60.7 Å². The molecule has 6 fully saturated rings. The van der Waals surface area contributed by atoms with E-state index < -0.39 is 59.6 Å². The molecule has 0 atom stereocenters. The molecule has 118 heavy (non-hydrogen) atoms. The first-order valence-corrected chi connectivity index (χ1v) is 51.1. The van der Waals surface area contributed by atoms with Gasteiger partial charge in [-0.15, -0.1) is 0 Å². The largest absolute Gasteiger partial charge is 0.506 e. The lowest BCUT2D eigenvalue weighted by molar-refractivity contribution is 0.154. The van der Waals surface area contributed by atoms with Crippen LogP contribution in [0, 0.1) is 0 Å². The Kier molecular flexibility index (Phi) is 32.3. The van der Waals surface area contributed by atoms with Gasteiger partial charge in [0.15, 0.2) is 39.4 Å². The van der Waals surface area contributed by atoms with Crippen LogP contribution in [0.4, 0.5) is 17.6 Å². The first-order valence-electron chi connectivity index (χ1n) is 41.1. The van der Waals surface area contributed by atoms with E-state index in [0.717, 1.165) is 215 Å². The molecule has 0 aliphatic heterocycles. The lowest BCUT2D eigenvalue weighted by atomic mass is 9.75. The van der Waals surface area contributed by atoms with Gasteiger partial charge in [-0.3, -0.25) is 4.55 Å². The van der Waals surface area contributed by atoms with Crippen LogP contribution < -0.4 is 22.6 Å². The lowest BCUT2D eigenvalue weighted by Gasteiger charge is -2.32. The molecule has 6 aliphatic rings. The van der Waals surface area contributed by atoms with Crippen molar-refractivity contribution in [3.8, 4) is 28.7 Å². The molecule has 8 aromatic carbocycles. The predicted molar refractivity (Wildman–Crippen MR) is 458 cm³/mol. The monoisotopic (exact) mass is 1760 g/mol. The van der Waals surface area contributed by atoms with E-state index in [-0.39, 0.29) is 62.9 Å². The molecule has 6 saturated carbocycles. The van der Waals surface area contributed by atoms with Crippen molar-refractivity contribution < 1.29 is 86.8 Å². The van der Waals surface area contributed by atoms with Gasteiger partial charge in [0.1, 0.15) is 28.7 Å². The normalized spacial score (nSPS) is 17.7. The minimum absolute atomic E-state index is 0.0146. The maximum Gasteiger partial charge on any atom is 0.506 e. The summed E-state index contributed by atoms with van der Waals surface area (Å²) in [6.07, 6.45) is 28.8. The van der Waals surface area contributed by atoms with Gasteiger partial charge in [0.2, 0.25) is 0 Å². The van der Waals surface area contributed by atoms with Crippen molar-refractivity contribution in [2.75, 3.05) is 27.6 Å². The van der Waals surface area contributed by atoms with Crippen molar-refractivity contribution in [3.63, 3.8) is 0 Å². The number of ether oxygens (including phenoxy) is 3. The second-order valence-electron chi connectivity index (χ2n) is 31.4. The number of hydrogen-bond acceptors (Lipinski definition) is 15. The number of alkyl halides is 4. The van der Waals surface area contributed by atoms with E-state index >= 15 is 8.78 Å². The molecule has 0 heterocycles. The third-order valence-electron chi connectivity index (χ3n) is 23.2. The van der Waals surface area contributed by atoms with E-state index in [4.69, 9.17) is 27.1 Å². The third-order valence-corrected chi connectivity index (χ3v) is 35.1. The van der Waals surface area contributed by atoms with Gasteiger partial charge in [-0.05, 0) is 219 Å². The number of rotatable bonds is 25. The minimum atomic E-state index is -6.31. The van der Waals surface area contributed by atoms with Gasteiger partial charge in [-0.25, -0.2) is 16.8 Å². The van der Waals surface area contributed by atoms with Gasteiger partial charge in [0, 0.05) is 24.5 Å². The summed E-state index contributed by atoms with van der Waals surface area (Å²) in [5.41, 5.74) is 4.45. The Morgan fingerprint density at radius 2 is 0.559 bits per heavy atom. The molecule has 0 unspecified atom stereocenters. The molecular weight excluding hydrogens is 1650 g/mol. The van der Waals surface area contributed by atoms with Crippen LogP contribution in [0.15, 0.2) is 217 Å². The minimum Gasteiger partial charge on any atom is -0.497 e. The molecule has 14 rings (SSSR count). The fraction of sp³-hybridized carbons (Fsp3) is 0.467. The van der Waals surface area contributed by atoms with Crippen LogP contribution in [0.5, 0.6) is 28.7 Å². The molecular formula is C90H110F4NO16S7+. The topological polar surface area (TPSA) is 251 Å². The average Bonchev–Trinajstić information content (AvgIpc) is 0.692.